The molecule has 6 rings (SSSR count). The number of aliphatic hydroxyl groups is 1. The van der Waals surface area contributed by atoms with Gasteiger partial charge in [0.2, 0.25) is 0 Å². The Morgan fingerprint density at radius 1 is 1.09 bits per heavy atom. The second kappa shape index (κ2) is 7.63. The molecule has 178 valence electrons. The predicted molar refractivity (Wildman–Crippen MR) is 128 cm³/mol. The summed E-state index contributed by atoms with van der Waals surface area (Å²) in [7, 11) is 0. The van der Waals surface area contributed by atoms with E-state index in [1.807, 2.05) is 30.8 Å². The van der Waals surface area contributed by atoms with Gasteiger partial charge in [0, 0.05) is 23.2 Å². The van der Waals surface area contributed by atoms with Gasteiger partial charge in [0.1, 0.15) is 5.52 Å². The smallest absolute Gasteiger partial charge is 0.157 e. The van der Waals surface area contributed by atoms with E-state index in [9.17, 15) is 9.90 Å². The van der Waals surface area contributed by atoms with E-state index in [0.29, 0.717) is 24.2 Å². The number of hydrogen-bond donors (Lipinski definition) is 1. The highest BCUT2D eigenvalue weighted by Gasteiger charge is 2.58. The highest BCUT2D eigenvalue weighted by Crippen LogP contribution is 2.64. The number of carbonyl (C=O) groups excluding carboxylic acids is 1. The Bertz CT molecular complexity index is 1070. The van der Waals surface area contributed by atoms with Gasteiger partial charge in [0.25, 0.3) is 0 Å². The van der Waals surface area contributed by atoms with E-state index in [0.717, 1.165) is 53.6 Å². The van der Waals surface area contributed by atoms with Crippen molar-refractivity contribution in [1.29, 1.82) is 0 Å². The largest absolute Gasteiger partial charge is 0.390 e. The first-order valence-electron chi connectivity index (χ1n) is 13.3. The number of Topliss-reactive ketones (excluding diaryl/α,β-unsaturated/α-hetero) is 1. The number of nitrogens with zero attached hydrogens (tertiary/aromatic N) is 3. The van der Waals surface area contributed by atoms with Crippen molar-refractivity contribution in [1.82, 2.24) is 14.8 Å². The van der Waals surface area contributed by atoms with Gasteiger partial charge in [-0.2, -0.15) is 5.10 Å². The summed E-state index contributed by atoms with van der Waals surface area (Å²) in [6, 6.07) is 2.04. The van der Waals surface area contributed by atoms with Crippen LogP contribution in [0.2, 0.25) is 0 Å². The fraction of sp³-hybridized carbons (Fsp3) is 0.750. The van der Waals surface area contributed by atoms with Gasteiger partial charge in [-0.1, -0.05) is 6.92 Å². The number of aryl methyl sites for hydroxylation is 1. The zero-order valence-corrected chi connectivity index (χ0v) is 20.5. The Hall–Kier alpha value is -1.75. The van der Waals surface area contributed by atoms with Crippen LogP contribution in [0.4, 0.5) is 0 Å². The first-order chi connectivity index (χ1) is 15.7. The number of fused-ring (bicyclic) bond motifs is 6. The number of hydrogen-bond acceptors (Lipinski definition) is 4. The lowest BCUT2D eigenvalue weighted by molar-refractivity contribution is -0.133. The van der Waals surface area contributed by atoms with Crippen molar-refractivity contribution < 1.29 is 9.90 Å². The van der Waals surface area contributed by atoms with Crippen molar-refractivity contribution in [2.75, 3.05) is 0 Å². The number of ketones is 1. The maximum Gasteiger partial charge on any atom is 0.157 e. The first-order valence-corrected chi connectivity index (χ1v) is 13.3. The number of aromatic nitrogens is 3. The van der Waals surface area contributed by atoms with Gasteiger partial charge in [0.05, 0.1) is 18.3 Å². The molecule has 33 heavy (non-hydrogen) atoms. The summed E-state index contributed by atoms with van der Waals surface area (Å²) in [5, 5.41) is 16.3. The summed E-state index contributed by atoms with van der Waals surface area (Å²) >= 11 is 0. The zero-order chi connectivity index (χ0) is 23.0. The SMILES string of the molecule is Cc1cc2cn(CC(=O)[C@H]3CC[C@H]4[C@@H]5CC[C@@H]6C[C@](C)(O)CC[C@@H]6[C@H]5CC[C@]34C)nc2cn1. The fourth-order valence-corrected chi connectivity index (χ4v) is 9.05. The standard InChI is InChI=1S/C28H39N3O2/c1-17-12-19-15-31(30-25(19)14-29-17)16-26(32)24-7-6-23-22-5-4-18-13-27(2,33)10-8-20(18)21(22)9-11-28(23,24)3/h12,14-15,18,20-24,33H,4-11,13,16H2,1-3H3/t18-,20+,21-,22-,23+,24-,27-,28+/m1/s1. The maximum absolute atomic E-state index is 13.6. The normalized spacial score (nSPS) is 42.5. The minimum Gasteiger partial charge on any atom is -0.390 e. The van der Waals surface area contributed by atoms with Gasteiger partial charge < -0.3 is 5.11 Å². The third kappa shape index (κ3) is 3.57. The van der Waals surface area contributed by atoms with Gasteiger partial charge in [0.15, 0.2) is 5.78 Å². The van der Waals surface area contributed by atoms with Gasteiger partial charge in [-0.15, -0.1) is 0 Å². The molecule has 4 aliphatic carbocycles. The van der Waals surface area contributed by atoms with Crippen molar-refractivity contribution in [2.24, 2.45) is 40.9 Å². The van der Waals surface area contributed by atoms with Gasteiger partial charge in [-0.3, -0.25) is 14.5 Å². The molecule has 0 aliphatic heterocycles. The Balaban J connectivity index is 1.18. The van der Waals surface area contributed by atoms with Crippen LogP contribution in [0.15, 0.2) is 18.5 Å². The molecule has 5 heteroatoms. The van der Waals surface area contributed by atoms with E-state index in [2.05, 4.69) is 17.0 Å². The average molecular weight is 450 g/mol. The van der Waals surface area contributed by atoms with Crippen LogP contribution >= 0.6 is 0 Å². The van der Waals surface area contributed by atoms with Crippen LogP contribution in [0.1, 0.15) is 77.3 Å². The molecule has 2 aromatic rings. The van der Waals surface area contributed by atoms with Crippen LogP contribution in [-0.2, 0) is 11.3 Å². The average Bonchev–Trinajstić information content (AvgIpc) is 3.32. The minimum absolute atomic E-state index is 0.149. The molecular formula is C28H39N3O2. The monoisotopic (exact) mass is 449 g/mol. The number of carbonyl (C=O) groups is 1. The van der Waals surface area contributed by atoms with Crippen molar-refractivity contribution in [3.05, 3.63) is 24.2 Å². The van der Waals surface area contributed by atoms with E-state index in [-0.39, 0.29) is 11.3 Å². The molecule has 8 atom stereocenters. The summed E-state index contributed by atoms with van der Waals surface area (Å²) in [4.78, 5) is 17.9. The fourth-order valence-electron chi connectivity index (χ4n) is 9.05. The quantitative estimate of drug-likeness (QED) is 0.688. The van der Waals surface area contributed by atoms with Gasteiger partial charge >= 0.3 is 0 Å². The minimum atomic E-state index is -0.450. The molecule has 0 unspecified atom stereocenters. The zero-order valence-electron chi connectivity index (χ0n) is 20.5. The van der Waals surface area contributed by atoms with E-state index < -0.39 is 5.60 Å². The molecule has 1 N–H and O–H groups in total. The third-order valence-corrected chi connectivity index (χ3v) is 10.5. The lowest BCUT2D eigenvalue weighted by Gasteiger charge is -2.56. The van der Waals surface area contributed by atoms with Crippen molar-refractivity contribution >= 4 is 16.7 Å². The highest BCUT2D eigenvalue weighted by molar-refractivity contribution is 5.83. The molecule has 0 saturated heterocycles. The molecule has 0 amide bonds. The molecule has 0 bridgehead atoms. The number of pyridine rings is 1. The van der Waals surface area contributed by atoms with Crippen LogP contribution in [-0.4, -0.2) is 31.3 Å². The Morgan fingerprint density at radius 3 is 2.76 bits per heavy atom. The molecule has 4 aliphatic rings. The molecule has 4 fully saturated rings. The van der Waals surface area contributed by atoms with Crippen molar-refractivity contribution in [3.63, 3.8) is 0 Å². The van der Waals surface area contributed by atoms with E-state index in [1.165, 1.54) is 38.5 Å². The first kappa shape index (κ1) is 21.8. The summed E-state index contributed by atoms with van der Waals surface area (Å²) < 4.78 is 1.84. The Morgan fingerprint density at radius 2 is 1.91 bits per heavy atom. The Kier molecular flexibility index (Phi) is 5.03. The van der Waals surface area contributed by atoms with E-state index in [4.69, 9.17) is 0 Å². The van der Waals surface area contributed by atoms with Crippen LogP contribution in [0.3, 0.4) is 0 Å². The van der Waals surface area contributed by atoms with Crippen LogP contribution in [0.25, 0.3) is 10.9 Å². The molecule has 0 spiro atoms. The summed E-state index contributed by atoms with van der Waals surface area (Å²) in [6.07, 6.45) is 14.3. The van der Waals surface area contributed by atoms with Crippen molar-refractivity contribution in [2.45, 2.75) is 90.7 Å². The van der Waals surface area contributed by atoms with Gasteiger partial charge in [-0.25, -0.2) is 0 Å². The Labute approximate surface area is 197 Å². The molecule has 0 radical (unpaired) electrons. The summed E-state index contributed by atoms with van der Waals surface area (Å²) in [6.45, 7) is 6.85. The van der Waals surface area contributed by atoms with Crippen LogP contribution < -0.4 is 0 Å². The lowest BCUT2D eigenvalue weighted by atomic mass is 9.49. The highest BCUT2D eigenvalue weighted by atomic mass is 16.3. The molecule has 0 aromatic carbocycles. The maximum atomic E-state index is 13.6. The van der Waals surface area contributed by atoms with Crippen LogP contribution in [0, 0.1) is 47.8 Å². The van der Waals surface area contributed by atoms with Gasteiger partial charge in [-0.05, 0) is 113 Å². The summed E-state index contributed by atoms with van der Waals surface area (Å²) in [5.41, 5.74) is 1.55. The number of rotatable bonds is 3. The lowest BCUT2D eigenvalue weighted by Crippen LogP contribution is -2.51. The second-order valence-electron chi connectivity index (χ2n) is 12.5. The molecule has 2 aromatic heterocycles. The summed E-state index contributed by atoms with van der Waals surface area (Å²) in [5.74, 6) is 4.35. The second-order valence-corrected chi connectivity index (χ2v) is 12.5. The van der Waals surface area contributed by atoms with E-state index in [1.54, 1.807) is 6.20 Å². The van der Waals surface area contributed by atoms with E-state index >= 15 is 0 Å². The third-order valence-electron chi connectivity index (χ3n) is 10.5. The predicted octanol–water partition coefficient (Wildman–Crippen LogP) is 5.33. The molecule has 2 heterocycles. The molecular weight excluding hydrogens is 410 g/mol. The molecule has 5 nitrogen and oxygen atoms in total. The van der Waals surface area contributed by atoms with Crippen molar-refractivity contribution in [3.8, 4) is 0 Å². The van der Waals surface area contributed by atoms with Crippen LogP contribution in [0.5, 0.6) is 0 Å². The topological polar surface area (TPSA) is 68.0 Å². The molecule has 4 saturated carbocycles.